The van der Waals surface area contributed by atoms with Gasteiger partial charge in [-0.2, -0.15) is 5.10 Å². The van der Waals surface area contributed by atoms with Crippen molar-refractivity contribution in [1.82, 2.24) is 19.9 Å². The van der Waals surface area contributed by atoms with E-state index in [0.29, 0.717) is 12.2 Å². The molecule has 0 fully saturated rings. The van der Waals surface area contributed by atoms with Crippen LogP contribution in [0.4, 0.5) is 0 Å². The quantitative estimate of drug-likeness (QED) is 0.646. The molecule has 2 heterocycles. The van der Waals surface area contributed by atoms with Crippen molar-refractivity contribution >= 4 is 10.0 Å². The third-order valence-electron chi connectivity index (χ3n) is 2.18. The van der Waals surface area contributed by atoms with Crippen molar-refractivity contribution in [1.29, 1.82) is 0 Å². The molecule has 0 aromatic carbocycles. The maximum atomic E-state index is 11.8. The van der Waals surface area contributed by atoms with Crippen LogP contribution in [0.25, 0.3) is 0 Å². The zero-order chi connectivity index (χ0) is 13.0. The summed E-state index contributed by atoms with van der Waals surface area (Å²) >= 11 is 0. The number of hydrogen-bond acceptors (Lipinski definition) is 6. The Labute approximate surface area is 103 Å². The highest BCUT2D eigenvalue weighted by molar-refractivity contribution is 7.89. The summed E-state index contributed by atoms with van der Waals surface area (Å²) in [5.41, 5.74) is 0. The molecule has 2 aromatic heterocycles. The van der Waals surface area contributed by atoms with Crippen LogP contribution in [-0.2, 0) is 23.1 Å². The van der Waals surface area contributed by atoms with Gasteiger partial charge in [-0.25, -0.2) is 18.1 Å². The first-order valence-corrected chi connectivity index (χ1v) is 6.63. The van der Waals surface area contributed by atoms with Crippen molar-refractivity contribution in [2.45, 2.75) is 18.1 Å². The summed E-state index contributed by atoms with van der Waals surface area (Å²) in [6.07, 6.45) is 1.75. The minimum Gasteiger partial charge on any atom is -0.446 e. The number of sulfonamides is 1. The van der Waals surface area contributed by atoms with E-state index in [9.17, 15) is 8.42 Å². The molecule has 0 atom stereocenters. The van der Waals surface area contributed by atoms with E-state index in [-0.39, 0.29) is 24.0 Å². The number of hydrogen-bond donors (Lipinski definition) is 3. The number of rotatable bonds is 6. The van der Waals surface area contributed by atoms with Crippen molar-refractivity contribution in [3.63, 3.8) is 0 Å². The molecule has 2 aromatic rings. The van der Waals surface area contributed by atoms with Crippen LogP contribution in [0.1, 0.15) is 11.6 Å². The normalized spacial score (nSPS) is 11.8. The maximum absolute atomic E-state index is 11.8. The molecule has 0 saturated heterocycles. The Morgan fingerprint density at radius 2 is 2.28 bits per heavy atom. The molecule has 0 spiro atoms. The molecule has 9 heteroatoms. The fraction of sp³-hybridized carbons (Fsp3) is 0.333. The van der Waals surface area contributed by atoms with Gasteiger partial charge < -0.3 is 9.52 Å². The zero-order valence-corrected chi connectivity index (χ0v) is 10.1. The van der Waals surface area contributed by atoms with Crippen molar-refractivity contribution < 1.29 is 17.9 Å². The molecule has 0 radical (unpaired) electrons. The lowest BCUT2D eigenvalue weighted by molar-refractivity contribution is 0.236. The number of aliphatic hydroxyl groups excluding tert-OH is 1. The van der Waals surface area contributed by atoms with Crippen molar-refractivity contribution in [2.75, 3.05) is 6.54 Å². The van der Waals surface area contributed by atoms with Gasteiger partial charge in [-0.15, -0.1) is 0 Å². The first-order valence-electron chi connectivity index (χ1n) is 5.15. The van der Waals surface area contributed by atoms with Gasteiger partial charge in [0.1, 0.15) is 24.5 Å². The van der Waals surface area contributed by atoms with Crippen LogP contribution in [-0.4, -0.2) is 35.3 Å². The number of aromatic amines is 1. The lowest BCUT2D eigenvalue weighted by atomic mass is 10.4. The smallest absolute Gasteiger partial charge is 0.273 e. The molecule has 0 amide bonds. The minimum absolute atomic E-state index is 0.173. The Morgan fingerprint density at radius 1 is 1.44 bits per heavy atom. The SMILES string of the molecule is O=S(=O)(NCCc1ncn[nH]1)c1ccc(CO)o1. The van der Waals surface area contributed by atoms with Gasteiger partial charge >= 0.3 is 0 Å². The molecule has 0 aliphatic carbocycles. The summed E-state index contributed by atoms with van der Waals surface area (Å²) < 4.78 is 30.8. The van der Waals surface area contributed by atoms with Crippen LogP contribution in [0.5, 0.6) is 0 Å². The molecule has 0 bridgehead atoms. The van der Waals surface area contributed by atoms with E-state index in [1.165, 1.54) is 18.5 Å². The molecule has 3 N–H and O–H groups in total. The van der Waals surface area contributed by atoms with E-state index in [4.69, 9.17) is 9.52 Å². The predicted octanol–water partition coefficient (Wildman–Crippen LogP) is -0.589. The number of nitrogens with one attached hydrogen (secondary N) is 2. The van der Waals surface area contributed by atoms with Crippen LogP contribution in [0.15, 0.2) is 28.0 Å². The van der Waals surface area contributed by atoms with Crippen LogP contribution >= 0.6 is 0 Å². The molecule has 98 valence electrons. The Morgan fingerprint density at radius 3 is 2.89 bits per heavy atom. The number of H-pyrrole nitrogens is 1. The Balaban J connectivity index is 1.95. The number of aliphatic hydroxyl groups is 1. The second-order valence-electron chi connectivity index (χ2n) is 3.46. The van der Waals surface area contributed by atoms with E-state index in [2.05, 4.69) is 19.9 Å². The summed E-state index contributed by atoms with van der Waals surface area (Å²) in [6.45, 7) is -0.166. The molecule has 18 heavy (non-hydrogen) atoms. The van der Waals surface area contributed by atoms with Gasteiger partial charge in [0, 0.05) is 13.0 Å². The van der Waals surface area contributed by atoms with E-state index in [0.717, 1.165) is 0 Å². The minimum atomic E-state index is -3.69. The Bertz CT molecular complexity index is 590. The fourth-order valence-corrected chi connectivity index (χ4v) is 2.29. The summed E-state index contributed by atoms with van der Waals surface area (Å²) in [4.78, 5) is 3.87. The second kappa shape index (κ2) is 5.29. The first kappa shape index (κ1) is 12.7. The molecule has 0 aliphatic heterocycles. The monoisotopic (exact) mass is 272 g/mol. The Kier molecular flexibility index (Phi) is 3.75. The first-order chi connectivity index (χ1) is 8.62. The zero-order valence-electron chi connectivity index (χ0n) is 9.33. The van der Waals surface area contributed by atoms with Gasteiger partial charge in [-0.05, 0) is 12.1 Å². The van der Waals surface area contributed by atoms with E-state index in [1.54, 1.807) is 0 Å². The third-order valence-corrected chi connectivity index (χ3v) is 3.51. The summed E-state index contributed by atoms with van der Waals surface area (Å²) in [7, 11) is -3.69. The molecular formula is C9H12N4O4S. The van der Waals surface area contributed by atoms with Crippen LogP contribution in [0, 0.1) is 0 Å². The van der Waals surface area contributed by atoms with Gasteiger partial charge in [0.05, 0.1) is 0 Å². The highest BCUT2D eigenvalue weighted by Gasteiger charge is 2.18. The third kappa shape index (κ3) is 2.94. The van der Waals surface area contributed by atoms with Gasteiger partial charge in [-0.1, -0.05) is 0 Å². The average Bonchev–Trinajstić information content (AvgIpc) is 2.99. The summed E-state index contributed by atoms with van der Waals surface area (Å²) in [6, 6.07) is 2.70. The van der Waals surface area contributed by atoms with Crippen molar-refractivity contribution in [3.8, 4) is 0 Å². The predicted molar refractivity (Wildman–Crippen MR) is 59.9 cm³/mol. The van der Waals surface area contributed by atoms with Gasteiger partial charge in [0.15, 0.2) is 0 Å². The molecule has 0 aliphatic rings. The maximum Gasteiger partial charge on any atom is 0.273 e. The van der Waals surface area contributed by atoms with Gasteiger partial charge in [0.25, 0.3) is 10.0 Å². The van der Waals surface area contributed by atoms with Crippen molar-refractivity contribution in [2.24, 2.45) is 0 Å². The van der Waals surface area contributed by atoms with E-state index < -0.39 is 10.0 Å². The largest absolute Gasteiger partial charge is 0.446 e. The molecule has 0 saturated carbocycles. The van der Waals surface area contributed by atoms with Crippen molar-refractivity contribution in [3.05, 3.63) is 30.0 Å². The molecule has 0 unspecified atom stereocenters. The standard InChI is InChI=1S/C9H12N4O4S/c14-5-7-1-2-9(17-7)18(15,16)12-4-3-8-10-6-11-13-8/h1-2,6,12,14H,3-5H2,(H,10,11,13). The van der Waals surface area contributed by atoms with Crippen LogP contribution < -0.4 is 4.72 Å². The summed E-state index contributed by atoms with van der Waals surface area (Å²) in [5.74, 6) is 0.791. The topological polar surface area (TPSA) is 121 Å². The number of furan rings is 1. The second-order valence-corrected chi connectivity index (χ2v) is 5.16. The number of aromatic nitrogens is 3. The molecule has 2 rings (SSSR count). The fourth-order valence-electron chi connectivity index (χ4n) is 1.31. The molecule has 8 nitrogen and oxygen atoms in total. The van der Waals surface area contributed by atoms with E-state index in [1.807, 2.05) is 0 Å². The Hall–Kier alpha value is -1.71. The van der Waals surface area contributed by atoms with E-state index >= 15 is 0 Å². The van der Waals surface area contributed by atoms with Crippen LogP contribution in [0.2, 0.25) is 0 Å². The number of nitrogens with zero attached hydrogens (tertiary/aromatic N) is 2. The highest BCUT2D eigenvalue weighted by Crippen LogP contribution is 2.13. The molecular weight excluding hydrogens is 260 g/mol. The lowest BCUT2D eigenvalue weighted by Crippen LogP contribution is -2.25. The lowest BCUT2D eigenvalue weighted by Gasteiger charge is -2.02. The average molecular weight is 272 g/mol. The van der Waals surface area contributed by atoms with Gasteiger partial charge in [-0.3, -0.25) is 5.10 Å². The highest BCUT2D eigenvalue weighted by atomic mass is 32.2. The van der Waals surface area contributed by atoms with Crippen LogP contribution in [0.3, 0.4) is 0 Å². The van der Waals surface area contributed by atoms with Gasteiger partial charge in [0.2, 0.25) is 5.09 Å². The summed E-state index contributed by atoms with van der Waals surface area (Å²) in [5, 5.41) is 14.8.